The Kier molecular flexibility index (Phi) is 13.6. The van der Waals surface area contributed by atoms with Gasteiger partial charge in [0.2, 0.25) is 0 Å². The Hall–Kier alpha value is -2.29. The fraction of sp³-hybridized carbons (Fsp3) is 0.618. The molecule has 0 amide bonds. The van der Waals surface area contributed by atoms with E-state index in [1.54, 1.807) is 24.3 Å². The second kappa shape index (κ2) is 17.6. The molecule has 2 saturated heterocycles. The van der Waals surface area contributed by atoms with Gasteiger partial charge in [0.15, 0.2) is 18.7 Å². The van der Waals surface area contributed by atoms with Crippen LogP contribution in [-0.2, 0) is 23.7 Å². The van der Waals surface area contributed by atoms with Crippen molar-refractivity contribution in [3.63, 3.8) is 0 Å². The van der Waals surface area contributed by atoms with E-state index in [9.17, 15) is 9.90 Å². The fourth-order valence-corrected chi connectivity index (χ4v) is 5.52. The maximum absolute atomic E-state index is 13.0. The summed E-state index contributed by atoms with van der Waals surface area (Å²) in [5.74, 6) is -0.527. The van der Waals surface area contributed by atoms with E-state index in [0.717, 1.165) is 18.4 Å². The minimum atomic E-state index is -1.20. The van der Waals surface area contributed by atoms with Crippen LogP contribution in [0.25, 0.3) is 0 Å². The summed E-state index contributed by atoms with van der Waals surface area (Å²) in [5.41, 5.74) is 1.25. The molecule has 0 aliphatic carbocycles. The molecule has 2 aliphatic rings. The van der Waals surface area contributed by atoms with Gasteiger partial charge >= 0.3 is 5.97 Å². The quantitative estimate of drug-likeness (QED) is 0.161. The van der Waals surface area contributed by atoms with Crippen molar-refractivity contribution in [3.05, 3.63) is 71.8 Å². The first-order valence-corrected chi connectivity index (χ1v) is 15.7. The Balaban J connectivity index is 1.24. The van der Waals surface area contributed by atoms with Gasteiger partial charge in [-0.2, -0.15) is 0 Å². The third-order valence-corrected chi connectivity index (χ3v) is 7.91. The monoisotopic (exact) mass is 568 g/mol. The van der Waals surface area contributed by atoms with Crippen molar-refractivity contribution in [2.45, 2.75) is 121 Å². The number of unbranched alkanes of at least 4 members (excludes halogenated alkanes) is 11. The second-order valence-electron chi connectivity index (χ2n) is 11.2. The average Bonchev–Trinajstić information content (AvgIpc) is 3.01. The van der Waals surface area contributed by atoms with Crippen LogP contribution in [-0.4, -0.2) is 55.0 Å². The lowest BCUT2D eigenvalue weighted by Gasteiger charge is -2.47. The van der Waals surface area contributed by atoms with Crippen LogP contribution in [0.5, 0.6) is 0 Å². The summed E-state index contributed by atoms with van der Waals surface area (Å²) in [4.78, 5) is 13.0. The Bertz CT molecular complexity index is 985. The Labute approximate surface area is 245 Å². The first kappa shape index (κ1) is 31.6. The highest BCUT2D eigenvalue weighted by atomic mass is 16.8. The van der Waals surface area contributed by atoms with Crippen LogP contribution in [0.4, 0.5) is 0 Å². The van der Waals surface area contributed by atoms with E-state index >= 15 is 0 Å². The smallest absolute Gasteiger partial charge is 0.338 e. The minimum Gasteiger partial charge on any atom is -0.453 e. The van der Waals surface area contributed by atoms with Gasteiger partial charge in [0.25, 0.3) is 0 Å². The molecule has 226 valence electrons. The molecule has 1 N–H and O–H groups in total. The Morgan fingerprint density at radius 2 is 1.39 bits per heavy atom. The summed E-state index contributed by atoms with van der Waals surface area (Å²) < 4.78 is 30.1. The van der Waals surface area contributed by atoms with Crippen molar-refractivity contribution in [2.75, 3.05) is 13.2 Å². The number of carbonyl (C=O) groups excluding carboxylic acids is 1. The molecule has 7 heteroatoms. The van der Waals surface area contributed by atoms with Crippen LogP contribution < -0.4 is 0 Å². The van der Waals surface area contributed by atoms with Crippen LogP contribution in [0.15, 0.2) is 60.7 Å². The number of hydrogen-bond acceptors (Lipinski definition) is 7. The molecule has 4 rings (SSSR count). The molecule has 41 heavy (non-hydrogen) atoms. The summed E-state index contributed by atoms with van der Waals surface area (Å²) in [7, 11) is 0. The van der Waals surface area contributed by atoms with Gasteiger partial charge in [-0.25, -0.2) is 4.79 Å². The number of aliphatic hydroxyl groups excluding tert-OH is 1. The molecule has 7 nitrogen and oxygen atoms in total. The molecule has 1 unspecified atom stereocenters. The number of esters is 1. The summed E-state index contributed by atoms with van der Waals surface area (Å²) in [6.45, 7) is 2.95. The fourth-order valence-electron chi connectivity index (χ4n) is 5.52. The molecule has 2 aromatic rings. The molecule has 0 saturated carbocycles. The number of rotatable bonds is 17. The van der Waals surface area contributed by atoms with Crippen LogP contribution in [0.3, 0.4) is 0 Å². The minimum absolute atomic E-state index is 0.231. The number of carbonyl (C=O) groups is 1. The van der Waals surface area contributed by atoms with Crippen LogP contribution in [0, 0.1) is 0 Å². The molecule has 2 fully saturated rings. The first-order valence-electron chi connectivity index (χ1n) is 15.7. The van der Waals surface area contributed by atoms with Gasteiger partial charge in [-0.1, -0.05) is 126 Å². The van der Waals surface area contributed by atoms with Gasteiger partial charge in [0, 0.05) is 12.2 Å². The first-order chi connectivity index (χ1) is 20.2. The van der Waals surface area contributed by atoms with Gasteiger partial charge in [-0.15, -0.1) is 0 Å². The number of ether oxygens (including phenoxy) is 5. The summed E-state index contributed by atoms with van der Waals surface area (Å²) in [6, 6.07) is 18.3. The lowest BCUT2D eigenvalue weighted by molar-refractivity contribution is -0.360. The lowest BCUT2D eigenvalue weighted by Crippen LogP contribution is -2.63. The molecule has 2 aliphatic heterocycles. The largest absolute Gasteiger partial charge is 0.453 e. The normalized spacial score (nSPS) is 25.9. The van der Waals surface area contributed by atoms with Crippen molar-refractivity contribution < 1.29 is 33.6 Å². The van der Waals surface area contributed by atoms with E-state index in [0.29, 0.717) is 12.2 Å². The van der Waals surface area contributed by atoms with Crippen LogP contribution >= 0.6 is 0 Å². The number of benzene rings is 2. The van der Waals surface area contributed by atoms with E-state index in [-0.39, 0.29) is 6.61 Å². The summed E-state index contributed by atoms with van der Waals surface area (Å²) >= 11 is 0. The van der Waals surface area contributed by atoms with Crippen molar-refractivity contribution in [3.8, 4) is 0 Å². The molecule has 0 spiro atoms. The van der Waals surface area contributed by atoms with E-state index in [4.69, 9.17) is 23.7 Å². The zero-order valence-corrected chi connectivity index (χ0v) is 24.5. The lowest BCUT2D eigenvalue weighted by atomic mass is 9.97. The molecule has 2 heterocycles. The third kappa shape index (κ3) is 9.90. The highest BCUT2D eigenvalue weighted by Crippen LogP contribution is 2.36. The van der Waals surface area contributed by atoms with Gasteiger partial charge in [0.1, 0.15) is 18.3 Å². The van der Waals surface area contributed by atoms with Crippen molar-refractivity contribution in [1.82, 2.24) is 0 Å². The van der Waals surface area contributed by atoms with Crippen molar-refractivity contribution in [2.24, 2.45) is 0 Å². The summed E-state index contributed by atoms with van der Waals surface area (Å²) in [5, 5.41) is 11.3. The number of aliphatic hydroxyl groups is 1. The molecule has 2 aromatic carbocycles. The molecule has 0 bridgehead atoms. The maximum Gasteiger partial charge on any atom is 0.338 e. The van der Waals surface area contributed by atoms with Gasteiger partial charge in [-0.05, 0) is 18.6 Å². The van der Waals surface area contributed by atoms with E-state index in [1.165, 1.54) is 64.2 Å². The summed E-state index contributed by atoms with van der Waals surface area (Å²) in [6.07, 6.45) is 10.1. The molecule has 6 atom stereocenters. The van der Waals surface area contributed by atoms with Crippen molar-refractivity contribution in [1.29, 1.82) is 0 Å². The number of hydrogen-bond donors (Lipinski definition) is 1. The van der Waals surface area contributed by atoms with Gasteiger partial charge in [-0.3, -0.25) is 0 Å². The maximum atomic E-state index is 13.0. The zero-order valence-electron chi connectivity index (χ0n) is 24.5. The molecule has 0 radical (unpaired) electrons. The second-order valence-corrected chi connectivity index (χ2v) is 11.2. The highest BCUT2D eigenvalue weighted by Gasteiger charge is 2.52. The van der Waals surface area contributed by atoms with E-state index in [1.807, 2.05) is 36.4 Å². The Morgan fingerprint density at radius 3 is 2.02 bits per heavy atom. The molecular weight excluding hydrogens is 520 g/mol. The molecule has 0 aromatic heterocycles. The van der Waals surface area contributed by atoms with E-state index in [2.05, 4.69) is 6.92 Å². The SMILES string of the molecule is CCCCCCCCCCCCCCO[C@@H]1O[C@@H]2COC(c3ccccc3)O[C@@H]2[C@H](OC(=O)c2ccccc2)[C@H]1O. The van der Waals surface area contributed by atoms with Gasteiger partial charge < -0.3 is 28.8 Å². The topological polar surface area (TPSA) is 83.5 Å². The molecular formula is C34H48O7. The Morgan fingerprint density at radius 1 is 0.805 bits per heavy atom. The zero-order chi connectivity index (χ0) is 28.7. The van der Waals surface area contributed by atoms with Crippen LogP contribution in [0.2, 0.25) is 0 Å². The predicted molar refractivity (Wildman–Crippen MR) is 157 cm³/mol. The standard InChI is InChI=1S/C34H48O7/c1-2-3-4-5-6-7-8-9-10-11-12-19-24-37-34-29(35)31(40-32(36)26-20-15-13-16-21-26)30-28(39-34)25-38-33(41-30)27-22-17-14-18-23-27/h13-18,20-23,28-31,33-35H,2-12,19,24-25H2,1H3/t28-,29-,30+,31-,33?,34-/m1/s1. The van der Waals surface area contributed by atoms with Crippen molar-refractivity contribution >= 4 is 5.97 Å². The highest BCUT2D eigenvalue weighted by molar-refractivity contribution is 5.89. The average molecular weight is 569 g/mol. The predicted octanol–water partition coefficient (Wildman–Crippen LogP) is 7.13. The van der Waals surface area contributed by atoms with Gasteiger partial charge in [0.05, 0.1) is 12.2 Å². The third-order valence-electron chi connectivity index (χ3n) is 7.91. The van der Waals surface area contributed by atoms with E-state index < -0.39 is 43.0 Å². The van der Waals surface area contributed by atoms with Crippen LogP contribution in [0.1, 0.15) is 106 Å². The number of fused-ring (bicyclic) bond motifs is 1.